The molecule has 1 heterocycles. The summed E-state index contributed by atoms with van der Waals surface area (Å²) in [6.45, 7) is 1.93. The molecular formula is C28H29NO6. The summed E-state index contributed by atoms with van der Waals surface area (Å²) in [4.78, 5) is 40.8. The number of esters is 2. The second kappa shape index (κ2) is 11.6. The van der Waals surface area contributed by atoms with E-state index in [4.69, 9.17) is 14.2 Å². The van der Waals surface area contributed by atoms with Crippen LogP contribution in [0.15, 0.2) is 72.8 Å². The minimum atomic E-state index is -1.21. The third kappa shape index (κ3) is 6.05. The van der Waals surface area contributed by atoms with Crippen molar-refractivity contribution < 1.29 is 28.6 Å². The Morgan fingerprint density at radius 1 is 0.886 bits per heavy atom. The molecule has 0 aliphatic carbocycles. The van der Waals surface area contributed by atoms with Crippen LogP contribution in [0.2, 0.25) is 0 Å². The lowest BCUT2D eigenvalue weighted by molar-refractivity contribution is -0.170. The largest absolute Gasteiger partial charge is 0.466 e. The number of carbonyl (C=O) groups excluding carboxylic acids is 3. The molecule has 0 unspecified atom stereocenters. The van der Waals surface area contributed by atoms with Crippen LogP contribution >= 0.6 is 0 Å². The third-order valence-electron chi connectivity index (χ3n) is 6.22. The molecule has 0 spiro atoms. The van der Waals surface area contributed by atoms with Gasteiger partial charge >= 0.3 is 11.9 Å². The molecule has 1 fully saturated rings. The average molecular weight is 476 g/mol. The molecule has 35 heavy (non-hydrogen) atoms. The zero-order valence-corrected chi connectivity index (χ0v) is 19.7. The van der Waals surface area contributed by atoms with E-state index in [1.807, 2.05) is 48.5 Å². The van der Waals surface area contributed by atoms with Gasteiger partial charge in [-0.25, -0.2) is 4.79 Å². The molecule has 7 nitrogen and oxygen atoms in total. The van der Waals surface area contributed by atoms with E-state index in [2.05, 4.69) is 0 Å². The third-order valence-corrected chi connectivity index (χ3v) is 6.22. The van der Waals surface area contributed by atoms with Gasteiger partial charge in [-0.05, 0) is 22.8 Å². The van der Waals surface area contributed by atoms with Crippen molar-refractivity contribution >= 4 is 28.6 Å². The first-order valence-corrected chi connectivity index (χ1v) is 11.7. The van der Waals surface area contributed by atoms with Crippen LogP contribution in [0.1, 0.15) is 23.7 Å². The molecule has 0 radical (unpaired) electrons. The molecule has 7 heteroatoms. The van der Waals surface area contributed by atoms with Crippen molar-refractivity contribution in [2.24, 2.45) is 5.92 Å². The molecule has 2 atom stereocenters. The van der Waals surface area contributed by atoms with Gasteiger partial charge in [-0.2, -0.15) is 0 Å². The van der Waals surface area contributed by atoms with E-state index in [-0.39, 0.29) is 12.3 Å². The Hall–Kier alpha value is -3.71. The standard InChI is InChI=1S/C28H29NO6/c1-33-28(32)26(21-9-3-2-4-10-21)35-27(31)23(19-25(30)29-14-16-34-17-15-29)18-22-12-7-11-20-8-5-6-13-24(20)22/h2-13,23,26H,14-19H2,1H3/t23-,26+/m1/s1. The number of amides is 1. The number of methoxy groups -OCH3 is 1. The van der Waals surface area contributed by atoms with Gasteiger partial charge in [0.1, 0.15) is 0 Å². The monoisotopic (exact) mass is 475 g/mol. The van der Waals surface area contributed by atoms with Gasteiger partial charge in [0.2, 0.25) is 12.0 Å². The van der Waals surface area contributed by atoms with Crippen molar-refractivity contribution in [2.45, 2.75) is 18.9 Å². The summed E-state index contributed by atoms with van der Waals surface area (Å²) in [6.07, 6.45) is -0.925. The summed E-state index contributed by atoms with van der Waals surface area (Å²) in [6, 6.07) is 22.5. The molecule has 1 aliphatic heterocycles. The Morgan fingerprint density at radius 2 is 1.57 bits per heavy atom. The molecule has 0 bridgehead atoms. The molecule has 0 aromatic heterocycles. The van der Waals surface area contributed by atoms with Crippen molar-refractivity contribution in [3.8, 4) is 0 Å². The first-order chi connectivity index (χ1) is 17.1. The van der Waals surface area contributed by atoms with Crippen LogP contribution in [0.25, 0.3) is 10.8 Å². The molecule has 3 aromatic rings. The van der Waals surface area contributed by atoms with Crippen LogP contribution in [-0.2, 0) is 35.0 Å². The lowest BCUT2D eigenvalue weighted by Crippen LogP contribution is -2.42. The molecule has 1 amide bonds. The normalized spacial score (nSPS) is 15.3. The van der Waals surface area contributed by atoms with E-state index in [1.165, 1.54) is 7.11 Å². The number of hydrogen-bond acceptors (Lipinski definition) is 6. The number of ether oxygens (including phenoxy) is 3. The smallest absolute Gasteiger partial charge is 0.351 e. The number of morpholine rings is 1. The highest BCUT2D eigenvalue weighted by molar-refractivity contribution is 5.88. The van der Waals surface area contributed by atoms with E-state index >= 15 is 0 Å². The van der Waals surface area contributed by atoms with Crippen LogP contribution in [0, 0.1) is 5.92 Å². The SMILES string of the molecule is COC(=O)[C@@H](OC(=O)[C@@H](CC(=O)N1CCOCC1)Cc1cccc2ccccc12)c1ccccc1. The number of fused-ring (bicyclic) bond motifs is 1. The van der Waals surface area contributed by atoms with Gasteiger partial charge in [-0.15, -0.1) is 0 Å². The maximum Gasteiger partial charge on any atom is 0.351 e. The summed E-state index contributed by atoms with van der Waals surface area (Å²) in [5, 5.41) is 2.06. The van der Waals surface area contributed by atoms with Crippen molar-refractivity contribution in [2.75, 3.05) is 33.4 Å². The van der Waals surface area contributed by atoms with Crippen molar-refractivity contribution in [3.63, 3.8) is 0 Å². The topological polar surface area (TPSA) is 82.1 Å². The Morgan fingerprint density at radius 3 is 2.31 bits per heavy atom. The van der Waals surface area contributed by atoms with Gasteiger partial charge in [0.05, 0.1) is 26.2 Å². The molecule has 3 aromatic carbocycles. The van der Waals surface area contributed by atoms with Gasteiger partial charge in [0.15, 0.2) is 0 Å². The molecule has 182 valence electrons. The van der Waals surface area contributed by atoms with Gasteiger partial charge in [0.25, 0.3) is 0 Å². The molecular weight excluding hydrogens is 446 g/mol. The van der Waals surface area contributed by atoms with Crippen molar-refractivity contribution in [1.82, 2.24) is 4.90 Å². The maximum absolute atomic E-state index is 13.5. The second-order valence-corrected chi connectivity index (χ2v) is 8.49. The van der Waals surface area contributed by atoms with Crippen molar-refractivity contribution in [3.05, 3.63) is 83.9 Å². The first kappa shape index (κ1) is 24.4. The van der Waals surface area contributed by atoms with E-state index in [9.17, 15) is 14.4 Å². The molecule has 0 N–H and O–H groups in total. The molecule has 4 rings (SSSR count). The van der Waals surface area contributed by atoms with Crippen LogP contribution in [0.5, 0.6) is 0 Å². The fourth-order valence-electron chi connectivity index (χ4n) is 4.33. The molecule has 0 saturated carbocycles. The summed E-state index contributed by atoms with van der Waals surface area (Å²) >= 11 is 0. The first-order valence-electron chi connectivity index (χ1n) is 11.7. The zero-order chi connectivity index (χ0) is 24.6. The zero-order valence-electron chi connectivity index (χ0n) is 19.7. The number of benzene rings is 3. The summed E-state index contributed by atoms with van der Waals surface area (Å²) < 4.78 is 16.0. The van der Waals surface area contributed by atoms with E-state index in [0.29, 0.717) is 38.3 Å². The fourth-order valence-corrected chi connectivity index (χ4v) is 4.33. The van der Waals surface area contributed by atoms with Crippen molar-refractivity contribution in [1.29, 1.82) is 0 Å². The van der Waals surface area contributed by atoms with Crippen LogP contribution < -0.4 is 0 Å². The summed E-state index contributed by atoms with van der Waals surface area (Å²) in [7, 11) is 1.25. The lowest BCUT2D eigenvalue weighted by atomic mass is 9.92. The van der Waals surface area contributed by atoms with Crippen LogP contribution in [0.3, 0.4) is 0 Å². The second-order valence-electron chi connectivity index (χ2n) is 8.49. The average Bonchev–Trinajstić information content (AvgIpc) is 2.92. The predicted molar refractivity (Wildman–Crippen MR) is 130 cm³/mol. The summed E-state index contributed by atoms with van der Waals surface area (Å²) in [5.41, 5.74) is 1.45. The number of nitrogens with zero attached hydrogens (tertiary/aromatic N) is 1. The molecule has 1 saturated heterocycles. The van der Waals surface area contributed by atoms with Crippen LogP contribution in [-0.4, -0.2) is 56.2 Å². The maximum atomic E-state index is 13.5. The van der Waals surface area contributed by atoms with Gasteiger partial charge in [-0.1, -0.05) is 72.8 Å². The van der Waals surface area contributed by atoms with Gasteiger partial charge in [0, 0.05) is 25.1 Å². The Labute approximate surface area is 204 Å². The van der Waals surface area contributed by atoms with Crippen LogP contribution in [0.4, 0.5) is 0 Å². The Kier molecular flexibility index (Phi) is 8.11. The van der Waals surface area contributed by atoms with Gasteiger partial charge < -0.3 is 19.1 Å². The Bertz CT molecular complexity index is 1170. The number of rotatable bonds is 8. The number of carbonyl (C=O) groups is 3. The Balaban J connectivity index is 1.61. The van der Waals surface area contributed by atoms with Gasteiger partial charge in [-0.3, -0.25) is 9.59 Å². The minimum Gasteiger partial charge on any atom is -0.466 e. The number of hydrogen-bond donors (Lipinski definition) is 0. The lowest BCUT2D eigenvalue weighted by Gasteiger charge is -2.28. The highest BCUT2D eigenvalue weighted by atomic mass is 16.6. The molecule has 1 aliphatic rings. The highest BCUT2D eigenvalue weighted by Gasteiger charge is 2.32. The van der Waals surface area contributed by atoms with E-state index in [0.717, 1.165) is 16.3 Å². The van der Waals surface area contributed by atoms with E-state index < -0.39 is 24.0 Å². The quantitative estimate of drug-likeness (QED) is 0.462. The fraction of sp³-hybridized carbons (Fsp3) is 0.321. The summed E-state index contributed by atoms with van der Waals surface area (Å²) in [5.74, 6) is -2.19. The predicted octanol–water partition coefficient (Wildman–Crippen LogP) is 3.70. The minimum absolute atomic E-state index is 0.0231. The highest BCUT2D eigenvalue weighted by Crippen LogP contribution is 2.27. The van der Waals surface area contributed by atoms with E-state index in [1.54, 1.807) is 29.2 Å².